The molecule has 4 aliphatic rings. The van der Waals surface area contributed by atoms with Crippen LogP contribution in [0.1, 0.15) is 53.8 Å². The molecule has 7 nitrogen and oxygen atoms in total. The number of hydrogen-bond acceptors (Lipinski definition) is 8. The summed E-state index contributed by atoms with van der Waals surface area (Å²) in [5.41, 5.74) is 15.8. The van der Waals surface area contributed by atoms with Crippen LogP contribution in [0.2, 0.25) is 0 Å². The minimum Gasteiger partial charge on any atom is -0.411 e. The first-order chi connectivity index (χ1) is 14.7. The van der Waals surface area contributed by atoms with Crippen LogP contribution in [0.3, 0.4) is 0 Å². The van der Waals surface area contributed by atoms with Gasteiger partial charge < -0.3 is 10.5 Å². The molecule has 8 heteroatoms. The molecule has 154 valence electrons. The summed E-state index contributed by atoms with van der Waals surface area (Å²) in [7, 11) is 0. The number of aliphatic imine (C=N–C) groups is 1. The van der Waals surface area contributed by atoms with Gasteiger partial charge in [0.25, 0.3) is 6.47 Å². The summed E-state index contributed by atoms with van der Waals surface area (Å²) in [5.74, 6) is 0.306. The maximum absolute atomic E-state index is 11.0. The van der Waals surface area contributed by atoms with Crippen LogP contribution in [0.25, 0.3) is 11.6 Å². The summed E-state index contributed by atoms with van der Waals surface area (Å²) in [6.07, 6.45) is 12.7. The zero-order chi connectivity index (χ0) is 20.7. The summed E-state index contributed by atoms with van der Waals surface area (Å²) in [6, 6.07) is -0.00977. The number of thioether (sulfide) groups is 1. The second kappa shape index (κ2) is 7.75. The number of nitrogens with zero attached hydrogens (tertiary/aromatic N) is 3. The molecule has 2 aliphatic heterocycles. The van der Waals surface area contributed by atoms with Crippen molar-refractivity contribution in [2.75, 3.05) is 6.54 Å². The predicted molar refractivity (Wildman–Crippen MR) is 120 cm³/mol. The van der Waals surface area contributed by atoms with Crippen molar-refractivity contribution in [3.8, 4) is 0 Å². The van der Waals surface area contributed by atoms with Crippen molar-refractivity contribution in [2.24, 2.45) is 15.8 Å². The number of hydrazone groups is 1. The third kappa shape index (κ3) is 3.15. The van der Waals surface area contributed by atoms with Gasteiger partial charge in [0.05, 0.1) is 29.9 Å². The molecule has 2 atom stereocenters. The average molecular weight is 422 g/mol. The summed E-state index contributed by atoms with van der Waals surface area (Å²) in [4.78, 5) is 21.5. The third-order valence-electron chi connectivity index (χ3n) is 6.00. The van der Waals surface area contributed by atoms with Gasteiger partial charge in [0.2, 0.25) is 5.90 Å². The van der Waals surface area contributed by atoms with Crippen molar-refractivity contribution >= 4 is 40.9 Å². The zero-order valence-corrected chi connectivity index (χ0v) is 17.5. The van der Waals surface area contributed by atoms with Crippen molar-refractivity contribution in [3.63, 3.8) is 0 Å². The summed E-state index contributed by atoms with van der Waals surface area (Å²) in [5, 5.41) is 4.87. The van der Waals surface area contributed by atoms with Gasteiger partial charge in [-0.1, -0.05) is 23.9 Å². The van der Waals surface area contributed by atoms with E-state index in [-0.39, 0.29) is 12.0 Å². The highest BCUT2D eigenvalue weighted by Gasteiger charge is 2.40. The maximum Gasteiger partial charge on any atom is 0.299 e. The Kier molecular flexibility index (Phi) is 4.94. The van der Waals surface area contributed by atoms with Crippen LogP contribution in [0.4, 0.5) is 0 Å². The van der Waals surface area contributed by atoms with Crippen LogP contribution >= 0.6 is 11.8 Å². The highest BCUT2D eigenvalue weighted by atomic mass is 32.2. The molecule has 0 fully saturated rings. The molecule has 2 unspecified atom stereocenters. The van der Waals surface area contributed by atoms with Gasteiger partial charge in [-0.3, -0.25) is 15.2 Å². The first-order valence-electron chi connectivity index (χ1n) is 10.2. The number of hydrogen-bond donors (Lipinski definition) is 2. The van der Waals surface area contributed by atoms with Gasteiger partial charge in [-0.2, -0.15) is 0 Å². The zero-order valence-electron chi connectivity index (χ0n) is 16.7. The van der Waals surface area contributed by atoms with Gasteiger partial charge in [0, 0.05) is 4.91 Å². The second-order valence-corrected chi connectivity index (χ2v) is 8.84. The topological polar surface area (TPSA) is 102 Å². The Balaban J connectivity index is 1.63. The van der Waals surface area contributed by atoms with Crippen molar-refractivity contribution in [3.05, 3.63) is 51.2 Å². The van der Waals surface area contributed by atoms with Gasteiger partial charge >= 0.3 is 0 Å². The number of ether oxygens (including phenoxy) is 1. The van der Waals surface area contributed by atoms with Gasteiger partial charge in [-0.05, 0) is 67.0 Å². The summed E-state index contributed by atoms with van der Waals surface area (Å²) in [6.45, 7) is 3.12. The molecule has 0 amide bonds. The molecule has 5 rings (SSSR count). The molecular formula is C22H23N5O2S. The number of carbonyl (C=O) groups is 1. The quantitative estimate of drug-likeness (QED) is 0.728. The van der Waals surface area contributed by atoms with Crippen LogP contribution < -0.4 is 11.2 Å². The lowest BCUT2D eigenvalue weighted by Gasteiger charge is -2.30. The molecular weight excluding hydrogens is 398 g/mol. The van der Waals surface area contributed by atoms with E-state index in [1.165, 1.54) is 22.9 Å². The lowest BCUT2D eigenvalue weighted by Crippen LogP contribution is -2.32. The number of nitrogens with one attached hydrogen (secondary N) is 1. The largest absolute Gasteiger partial charge is 0.411 e. The molecule has 0 radical (unpaired) electrons. The lowest BCUT2D eigenvalue weighted by molar-refractivity contribution is -0.121. The number of nitrogens with two attached hydrogens (primary N) is 1. The minimum absolute atomic E-state index is 0.00977. The maximum atomic E-state index is 11.0. The van der Waals surface area contributed by atoms with E-state index < -0.39 is 0 Å². The van der Waals surface area contributed by atoms with Crippen molar-refractivity contribution in [1.29, 1.82) is 0 Å². The van der Waals surface area contributed by atoms with E-state index in [9.17, 15) is 4.79 Å². The van der Waals surface area contributed by atoms with Crippen molar-refractivity contribution in [1.82, 2.24) is 10.4 Å². The molecule has 3 heterocycles. The number of pyridine rings is 1. The van der Waals surface area contributed by atoms with Gasteiger partial charge in [-0.15, -0.1) is 5.10 Å². The number of carbonyl (C=O) groups excluding carboxylic acids is 1. The van der Waals surface area contributed by atoms with E-state index in [1.807, 2.05) is 6.92 Å². The van der Waals surface area contributed by atoms with Gasteiger partial charge in [0.15, 0.2) is 5.17 Å². The Hall–Kier alpha value is -2.87. The molecule has 1 aromatic rings. The van der Waals surface area contributed by atoms with Crippen LogP contribution in [0.5, 0.6) is 0 Å². The first-order valence-corrected chi connectivity index (χ1v) is 11.0. The van der Waals surface area contributed by atoms with E-state index in [1.54, 1.807) is 0 Å². The smallest absolute Gasteiger partial charge is 0.299 e. The van der Waals surface area contributed by atoms with Gasteiger partial charge in [0.1, 0.15) is 0 Å². The third-order valence-corrected chi connectivity index (χ3v) is 6.85. The number of allylic oxidation sites excluding steroid dienone is 3. The first kappa shape index (κ1) is 19.1. The average Bonchev–Trinajstić information content (AvgIpc) is 3.37. The van der Waals surface area contributed by atoms with E-state index in [2.05, 4.69) is 39.8 Å². The van der Waals surface area contributed by atoms with E-state index >= 15 is 0 Å². The standard InChI is InChI=1S/C22H23N5O2S/c1-2-12(9-13-10-24-22(23)30-13)20-15-6-4-3-5-14(15)18-16(25-20)7-8-17-19(18)21(27-26-17)29-11-28/h2,7-9,11,17,19,26H,3-6,10H2,1H3,(H2,23,24)/b12-2+,13-9+. The Morgan fingerprint density at radius 3 is 2.90 bits per heavy atom. The van der Waals surface area contributed by atoms with Crippen LogP contribution in [0, 0.1) is 0 Å². The molecule has 1 aromatic heterocycles. The molecule has 0 spiro atoms. The fourth-order valence-electron chi connectivity index (χ4n) is 4.71. The molecule has 3 N–H and O–H groups in total. The molecule has 0 aromatic carbocycles. The number of fused-ring (bicyclic) bond motifs is 5. The fraction of sp³-hybridized carbons (Fsp3) is 0.364. The Bertz CT molecular complexity index is 1070. The monoisotopic (exact) mass is 421 g/mol. The van der Waals surface area contributed by atoms with Crippen LogP contribution in [-0.4, -0.2) is 35.1 Å². The predicted octanol–water partition coefficient (Wildman–Crippen LogP) is 2.88. The SMILES string of the molecule is C/C=C(\C=C1/CN=C(N)S1)c1nc2c(c3c1CCCC3)C1C(OC=O)=NNC1C=C2. The number of aromatic nitrogens is 1. The van der Waals surface area contributed by atoms with E-state index in [4.69, 9.17) is 15.5 Å². The van der Waals surface area contributed by atoms with Crippen LogP contribution in [-0.2, 0) is 22.4 Å². The number of rotatable bonds is 3. The molecule has 2 aliphatic carbocycles. The normalized spacial score (nSPS) is 25.8. The van der Waals surface area contributed by atoms with Crippen LogP contribution in [0.15, 0.2) is 33.2 Å². The minimum atomic E-state index is -0.116. The number of amidine groups is 1. The summed E-state index contributed by atoms with van der Waals surface area (Å²) < 4.78 is 5.21. The highest BCUT2D eigenvalue weighted by Crippen LogP contribution is 2.42. The second-order valence-electron chi connectivity index (χ2n) is 7.69. The molecule has 0 saturated heterocycles. The van der Waals surface area contributed by atoms with Crippen molar-refractivity contribution < 1.29 is 9.53 Å². The Labute approximate surface area is 179 Å². The highest BCUT2D eigenvalue weighted by molar-refractivity contribution is 8.17. The molecule has 0 saturated carbocycles. The fourth-order valence-corrected chi connectivity index (χ4v) is 5.42. The molecule has 0 bridgehead atoms. The lowest BCUT2D eigenvalue weighted by atomic mass is 9.77. The van der Waals surface area contributed by atoms with E-state index in [0.717, 1.165) is 53.1 Å². The Morgan fingerprint density at radius 1 is 1.33 bits per heavy atom. The molecule has 30 heavy (non-hydrogen) atoms. The van der Waals surface area contributed by atoms with Gasteiger partial charge in [-0.25, -0.2) is 4.98 Å². The summed E-state index contributed by atoms with van der Waals surface area (Å²) >= 11 is 1.52. The van der Waals surface area contributed by atoms with Crippen molar-refractivity contribution in [2.45, 2.75) is 44.6 Å². The Morgan fingerprint density at radius 2 is 2.17 bits per heavy atom. The van der Waals surface area contributed by atoms with E-state index in [0.29, 0.717) is 24.1 Å².